The van der Waals surface area contributed by atoms with Crippen LogP contribution in [0.3, 0.4) is 0 Å². The SMILES string of the molecule is CC(C)(C)c1ccc(C(=O)NC2CCN(S(=O)(=O)c3cccs3)CC2)cc1. The van der Waals surface area contributed by atoms with Gasteiger partial charge in [0.1, 0.15) is 4.21 Å². The number of benzene rings is 1. The first kappa shape index (κ1) is 20.0. The molecule has 0 spiro atoms. The Morgan fingerprint density at radius 2 is 1.74 bits per heavy atom. The van der Waals surface area contributed by atoms with Crippen molar-refractivity contribution >= 4 is 27.3 Å². The third kappa shape index (κ3) is 4.59. The normalized spacial score (nSPS) is 17.0. The van der Waals surface area contributed by atoms with Gasteiger partial charge in [-0.25, -0.2) is 8.42 Å². The maximum atomic E-state index is 12.6. The smallest absolute Gasteiger partial charge is 0.252 e. The highest BCUT2D eigenvalue weighted by molar-refractivity contribution is 7.91. The minimum Gasteiger partial charge on any atom is -0.349 e. The van der Waals surface area contributed by atoms with Crippen molar-refractivity contribution in [3.63, 3.8) is 0 Å². The van der Waals surface area contributed by atoms with E-state index in [-0.39, 0.29) is 17.4 Å². The molecule has 1 aliphatic rings. The van der Waals surface area contributed by atoms with Crippen LogP contribution in [0, 0.1) is 0 Å². The second-order valence-electron chi connectivity index (χ2n) is 7.91. The Bertz CT molecular complexity index is 874. The van der Waals surface area contributed by atoms with Gasteiger partial charge in [-0.1, -0.05) is 39.0 Å². The summed E-state index contributed by atoms with van der Waals surface area (Å²) < 4.78 is 27.0. The van der Waals surface area contributed by atoms with E-state index in [2.05, 4.69) is 26.1 Å². The molecule has 1 aliphatic heterocycles. The highest BCUT2D eigenvalue weighted by atomic mass is 32.2. The lowest BCUT2D eigenvalue weighted by Crippen LogP contribution is -2.46. The van der Waals surface area contributed by atoms with Crippen LogP contribution in [0.25, 0.3) is 0 Å². The molecule has 1 amide bonds. The maximum Gasteiger partial charge on any atom is 0.252 e. The predicted octanol–water partition coefficient (Wildman–Crippen LogP) is 3.63. The Balaban J connectivity index is 1.57. The summed E-state index contributed by atoms with van der Waals surface area (Å²) in [6.45, 7) is 7.27. The van der Waals surface area contributed by atoms with E-state index < -0.39 is 10.0 Å². The molecule has 1 N–H and O–H groups in total. The monoisotopic (exact) mass is 406 g/mol. The zero-order valence-corrected chi connectivity index (χ0v) is 17.6. The molecule has 0 unspecified atom stereocenters. The highest BCUT2D eigenvalue weighted by Gasteiger charge is 2.30. The lowest BCUT2D eigenvalue weighted by molar-refractivity contribution is 0.0924. The van der Waals surface area contributed by atoms with Gasteiger partial charge in [0.2, 0.25) is 0 Å². The van der Waals surface area contributed by atoms with Crippen LogP contribution in [-0.2, 0) is 15.4 Å². The van der Waals surface area contributed by atoms with Gasteiger partial charge in [0.05, 0.1) is 0 Å². The van der Waals surface area contributed by atoms with Crippen molar-refractivity contribution in [2.45, 2.75) is 49.3 Å². The van der Waals surface area contributed by atoms with Crippen molar-refractivity contribution in [3.05, 3.63) is 52.9 Å². The first-order chi connectivity index (χ1) is 12.7. The topological polar surface area (TPSA) is 66.5 Å². The van der Waals surface area contributed by atoms with Gasteiger partial charge >= 0.3 is 0 Å². The molecule has 7 heteroatoms. The lowest BCUT2D eigenvalue weighted by atomic mass is 9.86. The summed E-state index contributed by atoms with van der Waals surface area (Å²) in [5.41, 5.74) is 1.87. The summed E-state index contributed by atoms with van der Waals surface area (Å²) in [5, 5.41) is 4.81. The fourth-order valence-corrected chi connectivity index (χ4v) is 5.78. The molecule has 0 aliphatic carbocycles. The second-order valence-corrected chi connectivity index (χ2v) is 11.0. The minimum absolute atomic E-state index is 0.00502. The zero-order valence-electron chi connectivity index (χ0n) is 15.9. The average Bonchev–Trinajstić information content (AvgIpc) is 3.17. The zero-order chi connectivity index (χ0) is 19.7. The molecule has 1 fully saturated rings. The molecule has 3 rings (SSSR count). The summed E-state index contributed by atoms with van der Waals surface area (Å²) in [6.07, 6.45) is 1.24. The van der Waals surface area contributed by atoms with E-state index in [1.165, 1.54) is 21.2 Å². The summed E-state index contributed by atoms with van der Waals surface area (Å²) in [4.78, 5) is 12.5. The van der Waals surface area contributed by atoms with Crippen LogP contribution < -0.4 is 5.32 Å². The van der Waals surface area contributed by atoms with Gasteiger partial charge < -0.3 is 5.32 Å². The number of nitrogens with zero attached hydrogens (tertiary/aromatic N) is 1. The number of thiophene rings is 1. The van der Waals surface area contributed by atoms with Gasteiger partial charge in [0.25, 0.3) is 15.9 Å². The number of carbonyl (C=O) groups is 1. The quantitative estimate of drug-likeness (QED) is 0.843. The lowest BCUT2D eigenvalue weighted by Gasteiger charge is -2.31. The Morgan fingerprint density at radius 1 is 1.11 bits per heavy atom. The van der Waals surface area contributed by atoms with Gasteiger partial charge in [-0.05, 0) is 47.4 Å². The van der Waals surface area contributed by atoms with E-state index in [0.717, 1.165) is 0 Å². The molecule has 0 atom stereocenters. The van der Waals surface area contributed by atoms with Crippen LogP contribution >= 0.6 is 11.3 Å². The van der Waals surface area contributed by atoms with Gasteiger partial charge in [-0.15, -0.1) is 11.3 Å². The van der Waals surface area contributed by atoms with Crippen molar-refractivity contribution in [1.82, 2.24) is 9.62 Å². The number of rotatable bonds is 4. The first-order valence-corrected chi connectivity index (χ1v) is 11.4. The van der Waals surface area contributed by atoms with Crippen molar-refractivity contribution < 1.29 is 13.2 Å². The fraction of sp³-hybridized carbons (Fsp3) is 0.450. The molecule has 27 heavy (non-hydrogen) atoms. The first-order valence-electron chi connectivity index (χ1n) is 9.13. The van der Waals surface area contributed by atoms with E-state index in [9.17, 15) is 13.2 Å². The third-order valence-corrected chi connectivity index (χ3v) is 8.16. The molecule has 1 saturated heterocycles. The summed E-state index contributed by atoms with van der Waals surface area (Å²) in [6, 6.07) is 11.1. The van der Waals surface area contributed by atoms with Crippen LogP contribution in [0.1, 0.15) is 49.5 Å². The molecule has 2 heterocycles. The van der Waals surface area contributed by atoms with E-state index in [0.29, 0.717) is 35.7 Å². The maximum absolute atomic E-state index is 12.6. The van der Waals surface area contributed by atoms with E-state index in [1.807, 2.05) is 24.3 Å². The van der Waals surface area contributed by atoms with Crippen LogP contribution in [-0.4, -0.2) is 37.8 Å². The number of hydrogen-bond donors (Lipinski definition) is 1. The van der Waals surface area contributed by atoms with Crippen molar-refractivity contribution in [1.29, 1.82) is 0 Å². The summed E-state index contributed by atoms with van der Waals surface area (Å²) in [5.74, 6) is -0.102. The standard InChI is InChI=1S/C20H26N2O3S2/c1-20(2,3)16-8-6-15(7-9-16)19(23)21-17-10-12-22(13-11-17)27(24,25)18-5-4-14-26-18/h4-9,14,17H,10-13H2,1-3H3,(H,21,23). The number of amides is 1. The molecular formula is C20H26N2O3S2. The van der Waals surface area contributed by atoms with Gasteiger partial charge in [-0.2, -0.15) is 4.31 Å². The average molecular weight is 407 g/mol. The molecule has 0 saturated carbocycles. The molecule has 0 radical (unpaired) electrons. The molecule has 1 aromatic carbocycles. The van der Waals surface area contributed by atoms with Gasteiger partial charge in [0, 0.05) is 24.7 Å². The summed E-state index contributed by atoms with van der Waals surface area (Å²) in [7, 11) is -3.40. The van der Waals surface area contributed by atoms with Crippen molar-refractivity contribution in [3.8, 4) is 0 Å². The van der Waals surface area contributed by atoms with Crippen molar-refractivity contribution in [2.24, 2.45) is 0 Å². The number of piperidine rings is 1. The van der Waals surface area contributed by atoms with Crippen LogP contribution in [0.15, 0.2) is 46.0 Å². The number of sulfonamides is 1. The minimum atomic E-state index is -3.40. The molecular weight excluding hydrogens is 380 g/mol. The van der Waals surface area contributed by atoms with Gasteiger partial charge in [0.15, 0.2) is 0 Å². The predicted molar refractivity (Wildman–Crippen MR) is 109 cm³/mol. The Labute approximate surface area is 165 Å². The van der Waals surface area contributed by atoms with Gasteiger partial charge in [-0.3, -0.25) is 4.79 Å². The summed E-state index contributed by atoms with van der Waals surface area (Å²) >= 11 is 1.24. The molecule has 2 aromatic rings. The van der Waals surface area contributed by atoms with Crippen LogP contribution in [0.4, 0.5) is 0 Å². The van der Waals surface area contributed by atoms with E-state index >= 15 is 0 Å². The number of carbonyl (C=O) groups excluding carboxylic acids is 1. The van der Waals surface area contributed by atoms with E-state index in [4.69, 9.17) is 0 Å². The second kappa shape index (κ2) is 7.73. The third-order valence-electron chi connectivity index (χ3n) is 4.89. The molecule has 0 bridgehead atoms. The van der Waals surface area contributed by atoms with Crippen LogP contribution in [0.5, 0.6) is 0 Å². The molecule has 146 valence electrons. The van der Waals surface area contributed by atoms with Crippen LogP contribution in [0.2, 0.25) is 0 Å². The fourth-order valence-electron chi connectivity index (χ4n) is 3.17. The Hall–Kier alpha value is -1.70. The number of nitrogens with one attached hydrogen (secondary N) is 1. The van der Waals surface area contributed by atoms with Crippen molar-refractivity contribution in [2.75, 3.05) is 13.1 Å². The highest BCUT2D eigenvalue weighted by Crippen LogP contribution is 2.25. The largest absolute Gasteiger partial charge is 0.349 e. The Kier molecular flexibility index (Phi) is 5.74. The molecule has 5 nitrogen and oxygen atoms in total. The Morgan fingerprint density at radius 3 is 2.26 bits per heavy atom. The molecule has 1 aromatic heterocycles. The van der Waals surface area contributed by atoms with E-state index in [1.54, 1.807) is 17.5 Å². The number of hydrogen-bond acceptors (Lipinski definition) is 4.